The first-order valence-electron chi connectivity index (χ1n) is 8.02. The Balaban J connectivity index is 3.23. The van der Waals surface area contributed by atoms with Crippen LogP contribution in [-0.2, 0) is 32.6 Å². The number of carbonyl (C=O) groups excluding carboxylic acids is 1. The summed E-state index contributed by atoms with van der Waals surface area (Å²) >= 11 is 0. The van der Waals surface area contributed by atoms with Gasteiger partial charge in [-0.05, 0) is 6.92 Å². The Morgan fingerprint density at radius 3 is 1.96 bits per heavy atom. The van der Waals surface area contributed by atoms with E-state index in [1.807, 2.05) is 13.8 Å². The number of ether oxygens (including phenoxy) is 3. The summed E-state index contributed by atoms with van der Waals surface area (Å²) in [4.78, 5) is 20.4. The van der Waals surface area contributed by atoms with E-state index in [1.54, 1.807) is 6.92 Å². The Bertz CT molecular complexity index is 367. The molecule has 0 heterocycles. The third kappa shape index (κ3) is 15.0. The predicted molar refractivity (Wildman–Crippen MR) is 87.7 cm³/mol. The monoisotopic (exact) mass is 371 g/mol. The van der Waals surface area contributed by atoms with Crippen molar-refractivity contribution in [2.45, 2.75) is 20.8 Å². The summed E-state index contributed by atoms with van der Waals surface area (Å²) < 4.78 is 36.1. The summed E-state index contributed by atoms with van der Waals surface area (Å²) in [5, 5.41) is 2.75. The van der Waals surface area contributed by atoms with Gasteiger partial charge in [-0.15, -0.1) is 0 Å². The van der Waals surface area contributed by atoms with E-state index in [0.717, 1.165) is 0 Å². The molecule has 1 unspecified atom stereocenters. The van der Waals surface area contributed by atoms with Gasteiger partial charge in [0.1, 0.15) is 0 Å². The lowest BCUT2D eigenvalue weighted by molar-refractivity contribution is -0.124. The van der Waals surface area contributed by atoms with Crippen LogP contribution in [0.25, 0.3) is 0 Å². The normalized spacial score (nSPS) is 13.9. The molecule has 144 valence electrons. The van der Waals surface area contributed by atoms with Crippen LogP contribution in [0.4, 0.5) is 0 Å². The Kier molecular flexibility index (Phi) is 14.4. The molecule has 0 aromatic rings. The number of hydrogen-bond donors (Lipinski definition) is 2. The van der Waals surface area contributed by atoms with Crippen molar-refractivity contribution < 1.29 is 37.5 Å². The highest BCUT2D eigenvalue weighted by Gasteiger charge is 2.18. The van der Waals surface area contributed by atoms with Crippen LogP contribution in [0.5, 0.6) is 0 Å². The Labute approximate surface area is 143 Å². The maximum Gasteiger partial charge on any atom is 0.472 e. The molecule has 2 N–H and O–H groups in total. The number of nitrogens with one attached hydrogen (secondary N) is 1. The van der Waals surface area contributed by atoms with Gasteiger partial charge in [-0.1, -0.05) is 13.8 Å². The fourth-order valence-corrected chi connectivity index (χ4v) is 2.11. The molecule has 0 rings (SSSR count). The van der Waals surface area contributed by atoms with Crippen LogP contribution in [0.1, 0.15) is 20.8 Å². The van der Waals surface area contributed by atoms with Crippen LogP contribution >= 0.6 is 7.82 Å². The second-order valence-corrected chi connectivity index (χ2v) is 6.46. The fraction of sp³-hybridized carbons (Fsp3) is 0.929. The third-order valence-corrected chi connectivity index (χ3v) is 3.68. The second kappa shape index (κ2) is 14.8. The number of phosphoric ester groups is 1. The lowest BCUT2D eigenvalue weighted by Crippen LogP contribution is -2.31. The maximum atomic E-state index is 11.3. The zero-order chi connectivity index (χ0) is 18.3. The zero-order valence-electron chi connectivity index (χ0n) is 14.7. The molecule has 9 nitrogen and oxygen atoms in total. The number of amides is 1. The van der Waals surface area contributed by atoms with Gasteiger partial charge in [0.25, 0.3) is 0 Å². The Hall–Kier alpha value is -0.540. The molecule has 10 heteroatoms. The molecule has 0 aromatic carbocycles. The highest BCUT2D eigenvalue weighted by molar-refractivity contribution is 7.47. The van der Waals surface area contributed by atoms with E-state index >= 15 is 0 Å². The van der Waals surface area contributed by atoms with E-state index in [2.05, 4.69) is 14.4 Å². The van der Waals surface area contributed by atoms with Crippen molar-refractivity contribution in [2.75, 3.05) is 59.4 Å². The quantitative estimate of drug-likeness (QED) is 0.305. The molecule has 0 aliphatic carbocycles. The maximum absolute atomic E-state index is 11.3. The smallest absolute Gasteiger partial charge is 0.377 e. The van der Waals surface area contributed by atoms with Gasteiger partial charge in [0, 0.05) is 12.5 Å². The summed E-state index contributed by atoms with van der Waals surface area (Å²) in [6, 6.07) is 0. The van der Waals surface area contributed by atoms with Gasteiger partial charge in [-0.2, -0.15) is 0 Å². The molecule has 0 aliphatic rings. The van der Waals surface area contributed by atoms with Crippen molar-refractivity contribution in [1.29, 1.82) is 0 Å². The summed E-state index contributed by atoms with van der Waals surface area (Å²) in [5.74, 6) is -0.0167. The standard InChI is InChI=1S/C14H30NO8P/c1-4-22-24(17,18)23-12-11-21-10-9-20-8-7-19-6-5-15-14(16)13(2)3/h13H,4-12H2,1-3H3,(H,15,16)(H,17,18). The molecular formula is C14H30NO8P. The Morgan fingerprint density at radius 2 is 1.46 bits per heavy atom. The third-order valence-electron chi connectivity index (χ3n) is 2.59. The summed E-state index contributed by atoms with van der Waals surface area (Å²) in [6.07, 6.45) is 0. The number of carbonyl (C=O) groups is 1. The topological polar surface area (TPSA) is 113 Å². The first-order valence-corrected chi connectivity index (χ1v) is 9.51. The largest absolute Gasteiger partial charge is 0.472 e. The average molecular weight is 371 g/mol. The van der Waals surface area contributed by atoms with E-state index in [1.165, 1.54) is 0 Å². The lowest BCUT2D eigenvalue weighted by Gasteiger charge is -2.11. The summed E-state index contributed by atoms with van der Waals surface area (Å²) in [6.45, 7) is 8.03. The van der Waals surface area contributed by atoms with Crippen molar-refractivity contribution >= 4 is 13.7 Å². The average Bonchev–Trinajstić information content (AvgIpc) is 2.51. The van der Waals surface area contributed by atoms with Gasteiger partial charge in [0.2, 0.25) is 5.91 Å². The Morgan fingerprint density at radius 1 is 0.958 bits per heavy atom. The molecule has 0 saturated heterocycles. The molecule has 0 saturated carbocycles. The highest BCUT2D eigenvalue weighted by atomic mass is 31.2. The van der Waals surface area contributed by atoms with E-state index in [0.29, 0.717) is 39.6 Å². The van der Waals surface area contributed by atoms with Crippen molar-refractivity contribution in [1.82, 2.24) is 5.32 Å². The molecule has 1 atom stereocenters. The molecule has 24 heavy (non-hydrogen) atoms. The van der Waals surface area contributed by atoms with Crippen LogP contribution in [0.2, 0.25) is 0 Å². The van der Waals surface area contributed by atoms with Gasteiger partial charge in [-0.25, -0.2) is 4.57 Å². The van der Waals surface area contributed by atoms with Crippen LogP contribution in [0.15, 0.2) is 0 Å². The van der Waals surface area contributed by atoms with E-state index in [9.17, 15) is 9.36 Å². The molecule has 0 radical (unpaired) electrons. The summed E-state index contributed by atoms with van der Waals surface area (Å²) in [5.41, 5.74) is 0. The second-order valence-electron chi connectivity index (χ2n) is 5.00. The van der Waals surface area contributed by atoms with Crippen LogP contribution in [0, 0.1) is 5.92 Å². The molecule has 1 amide bonds. The molecule has 0 aromatic heterocycles. The van der Waals surface area contributed by atoms with Gasteiger partial charge < -0.3 is 24.4 Å². The number of phosphoric acid groups is 1. The van der Waals surface area contributed by atoms with Crippen LogP contribution in [0.3, 0.4) is 0 Å². The highest BCUT2D eigenvalue weighted by Crippen LogP contribution is 2.42. The minimum Gasteiger partial charge on any atom is -0.377 e. The van der Waals surface area contributed by atoms with E-state index in [4.69, 9.17) is 19.1 Å². The van der Waals surface area contributed by atoms with Crippen molar-refractivity contribution in [3.63, 3.8) is 0 Å². The molecule has 0 fully saturated rings. The minimum atomic E-state index is -3.94. The summed E-state index contributed by atoms with van der Waals surface area (Å²) in [7, 11) is -3.94. The van der Waals surface area contributed by atoms with Gasteiger partial charge in [0.15, 0.2) is 0 Å². The van der Waals surface area contributed by atoms with Crippen molar-refractivity contribution in [3.8, 4) is 0 Å². The predicted octanol–water partition coefficient (Wildman–Crippen LogP) is 0.962. The first-order chi connectivity index (χ1) is 11.4. The van der Waals surface area contributed by atoms with Crippen LogP contribution in [-0.4, -0.2) is 70.2 Å². The SMILES string of the molecule is CCOP(=O)(O)OCCOCCOCCOCCNC(=O)C(C)C. The van der Waals surface area contributed by atoms with Crippen molar-refractivity contribution in [2.24, 2.45) is 5.92 Å². The van der Waals surface area contributed by atoms with Gasteiger partial charge in [-0.3, -0.25) is 13.8 Å². The number of hydrogen-bond acceptors (Lipinski definition) is 7. The molecule has 0 spiro atoms. The van der Waals surface area contributed by atoms with Crippen LogP contribution < -0.4 is 5.32 Å². The fourth-order valence-electron chi connectivity index (χ4n) is 1.40. The molecule has 0 aliphatic heterocycles. The molecular weight excluding hydrogens is 341 g/mol. The van der Waals surface area contributed by atoms with Gasteiger partial charge in [0.05, 0.1) is 52.9 Å². The molecule has 0 bridgehead atoms. The minimum absolute atomic E-state index is 0.00906. The van der Waals surface area contributed by atoms with Gasteiger partial charge >= 0.3 is 7.82 Å². The number of rotatable bonds is 16. The van der Waals surface area contributed by atoms with E-state index in [-0.39, 0.29) is 31.6 Å². The van der Waals surface area contributed by atoms with Crippen molar-refractivity contribution in [3.05, 3.63) is 0 Å². The first kappa shape index (κ1) is 23.5. The zero-order valence-corrected chi connectivity index (χ0v) is 15.6. The lowest BCUT2D eigenvalue weighted by atomic mass is 10.2. The van der Waals surface area contributed by atoms with E-state index < -0.39 is 7.82 Å².